The molecule has 0 aliphatic heterocycles. The van der Waals surface area contributed by atoms with E-state index in [9.17, 15) is 4.79 Å². The van der Waals surface area contributed by atoms with E-state index >= 15 is 0 Å². The smallest absolute Gasteiger partial charge is 0.230 e. The van der Waals surface area contributed by atoms with Crippen LogP contribution in [-0.2, 0) is 10.2 Å². The Bertz CT molecular complexity index is 481. The summed E-state index contributed by atoms with van der Waals surface area (Å²) in [5.74, 6) is 1.38. The van der Waals surface area contributed by atoms with E-state index in [0.29, 0.717) is 11.8 Å². The van der Waals surface area contributed by atoms with Crippen LogP contribution in [0, 0.1) is 11.8 Å². The van der Waals surface area contributed by atoms with E-state index < -0.39 is 0 Å². The van der Waals surface area contributed by atoms with Gasteiger partial charge in [-0.25, -0.2) is 0 Å². The lowest BCUT2D eigenvalue weighted by Crippen LogP contribution is -2.41. The monoisotopic (exact) mass is 286 g/mol. The van der Waals surface area contributed by atoms with Gasteiger partial charge in [-0.05, 0) is 49.6 Å². The first kappa shape index (κ1) is 14.6. The number of benzene rings is 1. The highest BCUT2D eigenvalue weighted by molar-refractivity contribution is 5.91. The number of rotatable bonds is 5. The highest BCUT2D eigenvalue weighted by Crippen LogP contribution is 2.48. The number of hydrogen-bond acceptors (Lipinski definition) is 2. The number of nitrogens with two attached hydrogens (primary N) is 1. The minimum Gasteiger partial charge on any atom is -0.355 e. The van der Waals surface area contributed by atoms with Crippen molar-refractivity contribution < 1.29 is 4.79 Å². The van der Waals surface area contributed by atoms with Crippen LogP contribution in [0.4, 0.5) is 0 Å². The molecule has 2 aliphatic carbocycles. The molecule has 2 aliphatic rings. The molecule has 1 aromatic rings. The van der Waals surface area contributed by atoms with Crippen LogP contribution in [0.15, 0.2) is 30.3 Å². The van der Waals surface area contributed by atoms with Crippen molar-refractivity contribution in [2.75, 3.05) is 13.1 Å². The van der Waals surface area contributed by atoms with Crippen LogP contribution in [0.5, 0.6) is 0 Å². The molecule has 0 saturated heterocycles. The van der Waals surface area contributed by atoms with Gasteiger partial charge in [-0.2, -0.15) is 0 Å². The number of hydrogen-bond donors (Lipinski definition) is 2. The topological polar surface area (TPSA) is 55.1 Å². The third-order valence-electron chi connectivity index (χ3n) is 5.41. The van der Waals surface area contributed by atoms with E-state index in [2.05, 4.69) is 17.4 Å². The van der Waals surface area contributed by atoms with E-state index in [1.807, 2.05) is 18.2 Å². The van der Waals surface area contributed by atoms with E-state index in [4.69, 9.17) is 5.73 Å². The van der Waals surface area contributed by atoms with Crippen LogP contribution >= 0.6 is 0 Å². The average Bonchev–Trinajstić information content (AvgIpc) is 3.35. The van der Waals surface area contributed by atoms with Crippen molar-refractivity contribution in [3.05, 3.63) is 35.9 Å². The first-order valence-corrected chi connectivity index (χ1v) is 8.30. The summed E-state index contributed by atoms with van der Waals surface area (Å²) in [6.07, 6.45) is 6.96. The Kier molecular flexibility index (Phi) is 4.29. The van der Waals surface area contributed by atoms with Gasteiger partial charge in [0.15, 0.2) is 0 Å². The van der Waals surface area contributed by atoms with Gasteiger partial charge in [-0.1, -0.05) is 43.2 Å². The van der Waals surface area contributed by atoms with Crippen LogP contribution in [0.25, 0.3) is 0 Å². The Morgan fingerprint density at radius 1 is 1.14 bits per heavy atom. The summed E-state index contributed by atoms with van der Waals surface area (Å²) < 4.78 is 0. The van der Waals surface area contributed by atoms with Crippen LogP contribution in [0.2, 0.25) is 0 Å². The highest BCUT2D eigenvalue weighted by atomic mass is 16.2. The van der Waals surface area contributed by atoms with E-state index in [-0.39, 0.29) is 11.3 Å². The third-order valence-corrected chi connectivity index (χ3v) is 5.41. The molecular weight excluding hydrogens is 260 g/mol. The third kappa shape index (κ3) is 2.98. The lowest BCUT2D eigenvalue weighted by atomic mass is 9.79. The van der Waals surface area contributed by atoms with Crippen LogP contribution in [-0.4, -0.2) is 19.0 Å². The zero-order chi connectivity index (χ0) is 14.7. The highest BCUT2D eigenvalue weighted by Gasteiger charge is 2.51. The molecule has 3 rings (SSSR count). The van der Waals surface area contributed by atoms with Gasteiger partial charge in [0.2, 0.25) is 5.91 Å². The van der Waals surface area contributed by atoms with Crippen molar-refractivity contribution in [3.8, 4) is 0 Å². The minimum absolute atomic E-state index is 0.218. The molecule has 2 unspecified atom stereocenters. The molecule has 1 amide bonds. The SMILES string of the molecule is NCC1CCCCC1CNC(=O)C1(c2ccccc2)CC1. The molecule has 3 heteroatoms. The molecule has 21 heavy (non-hydrogen) atoms. The second-order valence-electron chi connectivity index (χ2n) is 6.70. The number of nitrogens with one attached hydrogen (secondary N) is 1. The lowest BCUT2D eigenvalue weighted by molar-refractivity contribution is -0.123. The predicted molar refractivity (Wildman–Crippen MR) is 84.9 cm³/mol. The predicted octanol–water partition coefficient (Wildman–Crippen LogP) is 2.60. The lowest BCUT2D eigenvalue weighted by Gasteiger charge is -2.31. The Morgan fingerprint density at radius 2 is 1.81 bits per heavy atom. The summed E-state index contributed by atoms with van der Waals surface area (Å²) in [6, 6.07) is 10.2. The summed E-state index contributed by atoms with van der Waals surface area (Å²) >= 11 is 0. The quantitative estimate of drug-likeness (QED) is 0.874. The maximum Gasteiger partial charge on any atom is 0.230 e. The Morgan fingerprint density at radius 3 is 2.43 bits per heavy atom. The van der Waals surface area contributed by atoms with Crippen molar-refractivity contribution in [2.45, 2.75) is 43.9 Å². The van der Waals surface area contributed by atoms with Gasteiger partial charge in [-0.15, -0.1) is 0 Å². The first-order chi connectivity index (χ1) is 10.3. The largest absolute Gasteiger partial charge is 0.355 e. The fraction of sp³-hybridized carbons (Fsp3) is 0.611. The van der Waals surface area contributed by atoms with Gasteiger partial charge in [0.05, 0.1) is 5.41 Å². The second-order valence-corrected chi connectivity index (χ2v) is 6.70. The van der Waals surface area contributed by atoms with Crippen LogP contribution in [0.1, 0.15) is 44.1 Å². The van der Waals surface area contributed by atoms with Crippen molar-refractivity contribution in [2.24, 2.45) is 17.6 Å². The average molecular weight is 286 g/mol. The van der Waals surface area contributed by atoms with Crippen LogP contribution in [0.3, 0.4) is 0 Å². The molecule has 3 nitrogen and oxygen atoms in total. The Labute approximate surface area is 127 Å². The number of amides is 1. The van der Waals surface area contributed by atoms with Gasteiger partial charge in [0.1, 0.15) is 0 Å². The van der Waals surface area contributed by atoms with Gasteiger partial charge >= 0.3 is 0 Å². The molecule has 114 valence electrons. The molecule has 2 fully saturated rings. The van der Waals surface area contributed by atoms with Crippen molar-refractivity contribution in [1.29, 1.82) is 0 Å². The van der Waals surface area contributed by atoms with Crippen molar-refractivity contribution in [3.63, 3.8) is 0 Å². The maximum atomic E-state index is 12.6. The van der Waals surface area contributed by atoms with E-state index in [1.54, 1.807) is 0 Å². The second kappa shape index (κ2) is 6.18. The normalized spacial score (nSPS) is 27.1. The van der Waals surface area contributed by atoms with Gasteiger partial charge in [0, 0.05) is 6.54 Å². The summed E-state index contributed by atoms with van der Waals surface area (Å²) in [4.78, 5) is 12.6. The Balaban J connectivity index is 1.59. The van der Waals surface area contributed by atoms with Gasteiger partial charge in [-0.3, -0.25) is 4.79 Å². The minimum atomic E-state index is -0.242. The van der Waals surface area contributed by atoms with Gasteiger partial charge < -0.3 is 11.1 Å². The fourth-order valence-electron chi connectivity index (χ4n) is 3.79. The maximum absolute atomic E-state index is 12.6. The molecular formula is C18H26N2O. The van der Waals surface area contributed by atoms with Crippen molar-refractivity contribution >= 4 is 5.91 Å². The zero-order valence-electron chi connectivity index (χ0n) is 12.7. The standard InChI is InChI=1S/C18H26N2O/c19-12-14-6-4-5-7-15(14)13-20-17(21)18(10-11-18)16-8-2-1-3-9-16/h1-3,8-9,14-15H,4-7,10-13,19H2,(H,20,21). The summed E-state index contributed by atoms with van der Waals surface area (Å²) in [5.41, 5.74) is 6.80. The molecule has 2 atom stereocenters. The van der Waals surface area contributed by atoms with Gasteiger partial charge in [0.25, 0.3) is 0 Å². The number of carbonyl (C=O) groups is 1. The van der Waals surface area contributed by atoms with E-state index in [1.165, 1.54) is 31.2 Å². The molecule has 0 spiro atoms. The molecule has 0 radical (unpaired) electrons. The van der Waals surface area contributed by atoms with Crippen LogP contribution < -0.4 is 11.1 Å². The fourth-order valence-corrected chi connectivity index (χ4v) is 3.79. The first-order valence-electron chi connectivity index (χ1n) is 8.30. The summed E-state index contributed by atoms with van der Waals surface area (Å²) in [6.45, 7) is 1.56. The summed E-state index contributed by atoms with van der Waals surface area (Å²) in [5, 5.41) is 3.22. The van der Waals surface area contributed by atoms with Crippen molar-refractivity contribution in [1.82, 2.24) is 5.32 Å². The number of carbonyl (C=O) groups excluding carboxylic acids is 1. The molecule has 2 saturated carbocycles. The summed E-state index contributed by atoms with van der Waals surface area (Å²) in [7, 11) is 0. The molecule has 0 heterocycles. The molecule has 0 aromatic heterocycles. The Hall–Kier alpha value is -1.35. The molecule has 1 aromatic carbocycles. The molecule has 0 bridgehead atoms. The molecule has 3 N–H and O–H groups in total. The van der Waals surface area contributed by atoms with E-state index in [0.717, 1.165) is 25.9 Å². The zero-order valence-corrected chi connectivity index (χ0v) is 12.7.